The van der Waals surface area contributed by atoms with Gasteiger partial charge in [0, 0.05) is 11.6 Å². The number of fused-ring (bicyclic) bond motifs is 1. The first kappa shape index (κ1) is 17.8. The number of hydrogen-bond acceptors (Lipinski definition) is 3. The summed E-state index contributed by atoms with van der Waals surface area (Å²) >= 11 is 0. The van der Waals surface area contributed by atoms with Gasteiger partial charge in [0.15, 0.2) is 0 Å². The van der Waals surface area contributed by atoms with Gasteiger partial charge < -0.3 is 14.9 Å². The Kier molecular flexibility index (Phi) is 4.81. The number of nitrogens with one attached hydrogen (secondary N) is 2. The number of amides is 1. The molecule has 0 radical (unpaired) electrons. The maximum Gasteiger partial charge on any atom is 0.255 e. The summed E-state index contributed by atoms with van der Waals surface area (Å²) in [6.45, 7) is 7.32. The van der Waals surface area contributed by atoms with E-state index in [2.05, 4.69) is 20.4 Å². The largest absolute Gasteiger partial charge is 0.495 e. The summed E-state index contributed by atoms with van der Waals surface area (Å²) in [6.07, 6.45) is 5.95. The van der Waals surface area contributed by atoms with Crippen molar-refractivity contribution in [2.75, 3.05) is 7.11 Å². The Bertz CT molecular complexity index is 1090. The van der Waals surface area contributed by atoms with Crippen LogP contribution >= 0.6 is 0 Å². The number of nitrogens with zero attached hydrogens (tertiary/aromatic N) is 2. The summed E-state index contributed by atoms with van der Waals surface area (Å²) in [5.41, 5.74) is 4.04. The van der Waals surface area contributed by atoms with E-state index in [0.717, 1.165) is 40.6 Å². The molecule has 1 amide bonds. The summed E-state index contributed by atoms with van der Waals surface area (Å²) in [6, 6.07) is 11.7. The smallest absolute Gasteiger partial charge is 0.255 e. The van der Waals surface area contributed by atoms with Crippen molar-refractivity contribution in [3.63, 3.8) is 0 Å². The summed E-state index contributed by atoms with van der Waals surface area (Å²) in [5.74, 6) is 0.407. The van der Waals surface area contributed by atoms with Gasteiger partial charge in [-0.05, 0) is 36.6 Å². The Morgan fingerprint density at radius 3 is 2.75 bits per heavy atom. The van der Waals surface area contributed by atoms with Gasteiger partial charge in [0.2, 0.25) is 6.54 Å². The fourth-order valence-electron chi connectivity index (χ4n) is 3.11. The van der Waals surface area contributed by atoms with Crippen LogP contribution in [0.15, 0.2) is 36.4 Å². The molecule has 6 nitrogen and oxygen atoms in total. The van der Waals surface area contributed by atoms with Crippen molar-refractivity contribution >= 4 is 29.0 Å². The van der Waals surface area contributed by atoms with Crippen LogP contribution in [0, 0.1) is 6.57 Å². The van der Waals surface area contributed by atoms with Gasteiger partial charge in [-0.3, -0.25) is 9.89 Å². The standard InChI is InChI=1S/C22H20N4O2/c1-23-13-15-5-3-14(4-6-15)7-11-18-20-19(26-25-18)12-10-17(21(20)28-2)22(27)24-16-8-9-16/h3-7,10-12,16H,8-9,13H2,2H3,(H,24,27)(H,25,26)/b11-7+. The summed E-state index contributed by atoms with van der Waals surface area (Å²) < 4.78 is 5.59. The number of carbonyl (C=O) groups excluding carboxylic acids is 1. The highest BCUT2D eigenvalue weighted by molar-refractivity contribution is 6.05. The molecule has 0 spiro atoms. The minimum absolute atomic E-state index is 0.118. The Hall–Kier alpha value is -3.59. The molecule has 0 aliphatic heterocycles. The van der Waals surface area contributed by atoms with Gasteiger partial charge in [-0.25, -0.2) is 6.57 Å². The molecule has 1 saturated carbocycles. The molecule has 2 N–H and O–H groups in total. The zero-order chi connectivity index (χ0) is 19.5. The lowest BCUT2D eigenvalue weighted by Gasteiger charge is -2.10. The first-order valence-electron chi connectivity index (χ1n) is 9.16. The van der Waals surface area contributed by atoms with Gasteiger partial charge in [0.25, 0.3) is 5.91 Å². The van der Waals surface area contributed by atoms with Crippen molar-refractivity contribution in [2.45, 2.75) is 25.4 Å². The molecule has 0 unspecified atom stereocenters. The molecule has 0 saturated heterocycles. The minimum Gasteiger partial charge on any atom is -0.495 e. The second-order valence-corrected chi connectivity index (χ2v) is 6.82. The molecule has 28 heavy (non-hydrogen) atoms. The van der Waals surface area contributed by atoms with E-state index in [9.17, 15) is 4.79 Å². The number of aromatic amines is 1. The number of rotatable bonds is 6. The molecule has 1 aromatic heterocycles. The predicted octanol–water partition coefficient (Wildman–Crippen LogP) is 4.05. The van der Waals surface area contributed by atoms with Crippen LogP contribution in [0.4, 0.5) is 0 Å². The number of benzene rings is 2. The highest BCUT2D eigenvalue weighted by Crippen LogP contribution is 2.33. The third-order valence-electron chi connectivity index (χ3n) is 4.75. The van der Waals surface area contributed by atoms with Gasteiger partial charge >= 0.3 is 0 Å². The van der Waals surface area contributed by atoms with E-state index >= 15 is 0 Å². The monoisotopic (exact) mass is 372 g/mol. The first-order chi connectivity index (χ1) is 13.7. The molecule has 140 valence electrons. The molecule has 4 rings (SSSR count). The van der Waals surface area contributed by atoms with Crippen molar-refractivity contribution in [2.24, 2.45) is 0 Å². The molecular weight excluding hydrogens is 352 g/mol. The van der Waals surface area contributed by atoms with Crippen molar-refractivity contribution < 1.29 is 9.53 Å². The fraction of sp³-hybridized carbons (Fsp3) is 0.227. The van der Waals surface area contributed by atoms with Gasteiger partial charge in [0.05, 0.1) is 29.3 Å². The number of ether oxygens (including phenoxy) is 1. The van der Waals surface area contributed by atoms with E-state index in [1.165, 1.54) is 0 Å². The average Bonchev–Trinajstić information content (AvgIpc) is 3.43. The van der Waals surface area contributed by atoms with Crippen LogP contribution in [0.3, 0.4) is 0 Å². The lowest BCUT2D eigenvalue weighted by atomic mass is 10.1. The number of aromatic nitrogens is 2. The second kappa shape index (κ2) is 7.57. The van der Waals surface area contributed by atoms with Crippen LogP contribution in [-0.2, 0) is 6.54 Å². The van der Waals surface area contributed by atoms with E-state index in [0.29, 0.717) is 17.9 Å². The number of hydrogen-bond donors (Lipinski definition) is 2. The lowest BCUT2D eigenvalue weighted by molar-refractivity contribution is 0.0948. The maximum atomic E-state index is 12.6. The highest BCUT2D eigenvalue weighted by atomic mass is 16.5. The van der Waals surface area contributed by atoms with Crippen LogP contribution in [0.1, 0.15) is 40.0 Å². The van der Waals surface area contributed by atoms with E-state index in [-0.39, 0.29) is 11.9 Å². The van der Waals surface area contributed by atoms with Crippen LogP contribution in [0.5, 0.6) is 5.75 Å². The normalized spacial score (nSPS) is 13.6. The highest BCUT2D eigenvalue weighted by Gasteiger charge is 2.26. The quantitative estimate of drug-likeness (QED) is 0.641. The molecule has 2 aromatic carbocycles. The summed E-state index contributed by atoms with van der Waals surface area (Å²) in [5, 5.41) is 11.1. The SMILES string of the molecule is [C-]#[N+]Cc1ccc(/C=C/c2[nH]nc3ccc(C(=O)NC4CC4)c(OC)c23)cc1. The van der Waals surface area contributed by atoms with Crippen LogP contribution in [0.25, 0.3) is 27.9 Å². The zero-order valence-electron chi connectivity index (χ0n) is 15.5. The van der Waals surface area contributed by atoms with Crippen LogP contribution in [0.2, 0.25) is 0 Å². The van der Waals surface area contributed by atoms with Crippen LogP contribution in [-0.4, -0.2) is 29.3 Å². The fourth-order valence-corrected chi connectivity index (χ4v) is 3.11. The molecule has 6 heteroatoms. The Labute approximate surface area is 163 Å². The third-order valence-corrected chi connectivity index (χ3v) is 4.75. The van der Waals surface area contributed by atoms with Crippen molar-refractivity contribution in [3.05, 3.63) is 70.2 Å². The Balaban J connectivity index is 1.66. The molecule has 1 aliphatic carbocycles. The van der Waals surface area contributed by atoms with Crippen molar-refractivity contribution in [1.82, 2.24) is 15.5 Å². The van der Waals surface area contributed by atoms with E-state index in [1.807, 2.05) is 42.5 Å². The lowest BCUT2D eigenvalue weighted by Crippen LogP contribution is -2.25. The van der Waals surface area contributed by atoms with Crippen molar-refractivity contribution in [1.29, 1.82) is 0 Å². The topological polar surface area (TPSA) is 71.4 Å². The van der Waals surface area contributed by atoms with Crippen LogP contribution < -0.4 is 10.1 Å². The van der Waals surface area contributed by atoms with E-state index in [4.69, 9.17) is 11.3 Å². The van der Waals surface area contributed by atoms with E-state index < -0.39 is 0 Å². The molecular formula is C22H20N4O2. The average molecular weight is 372 g/mol. The number of methoxy groups -OCH3 is 1. The minimum atomic E-state index is -0.118. The zero-order valence-corrected chi connectivity index (χ0v) is 15.5. The molecule has 1 aliphatic rings. The Morgan fingerprint density at radius 1 is 1.29 bits per heavy atom. The maximum absolute atomic E-state index is 12.6. The third kappa shape index (κ3) is 3.60. The molecule has 3 aromatic rings. The molecule has 0 bridgehead atoms. The molecule has 1 fully saturated rings. The summed E-state index contributed by atoms with van der Waals surface area (Å²) in [4.78, 5) is 15.9. The van der Waals surface area contributed by atoms with Gasteiger partial charge in [-0.1, -0.05) is 30.3 Å². The number of H-pyrrole nitrogens is 1. The first-order valence-corrected chi connectivity index (χ1v) is 9.16. The van der Waals surface area contributed by atoms with E-state index in [1.54, 1.807) is 13.2 Å². The Morgan fingerprint density at radius 2 is 2.07 bits per heavy atom. The summed E-state index contributed by atoms with van der Waals surface area (Å²) in [7, 11) is 1.57. The molecule has 1 heterocycles. The predicted molar refractivity (Wildman–Crippen MR) is 109 cm³/mol. The second-order valence-electron chi connectivity index (χ2n) is 6.82. The number of carbonyl (C=O) groups is 1. The van der Waals surface area contributed by atoms with Crippen molar-refractivity contribution in [3.8, 4) is 5.75 Å². The van der Waals surface area contributed by atoms with Gasteiger partial charge in [0.1, 0.15) is 5.75 Å². The van der Waals surface area contributed by atoms with Gasteiger partial charge in [-0.2, -0.15) is 5.10 Å². The van der Waals surface area contributed by atoms with Gasteiger partial charge in [-0.15, -0.1) is 0 Å². The molecule has 0 atom stereocenters.